The van der Waals surface area contributed by atoms with Gasteiger partial charge in [-0.1, -0.05) is 12.1 Å². The lowest BCUT2D eigenvalue weighted by molar-refractivity contribution is -0.0159. The van der Waals surface area contributed by atoms with E-state index in [0.717, 1.165) is 37.3 Å². The van der Waals surface area contributed by atoms with Crippen molar-refractivity contribution in [1.82, 2.24) is 10.3 Å². The molecule has 112 valence electrons. The van der Waals surface area contributed by atoms with Crippen molar-refractivity contribution in [2.45, 2.75) is 25.5 Å². The van der Waals surface area contributed by atoms with Gasteiger partial charge < -0.3 is 14.8 Å². The minimum absolute atomic E-state index is 0.157. The van der Waals surface area contributed by atoms with Crippen molar-refractivity contribution in [2.24, 2.45) is 0 Å². The number of aryl methyl sites for hydroxylation is 1. The van der Waals surface area contributed by atoms with Crippen LogP contribution in [0.25, 0.3) is 10.9 Å². The van der Waals surface area contributed by atoms with E-state index in [9.17, 15) is 0 Å². The molecule has 1 unspecified atom stereocenters. The zero-order valence-electron chi connectivity index (χ0n) is 12.7. The molecular weight excluding hydrogens is 264 g/mol. The second-order valence-electron chi connectivity index (χ2n) is 5.77. The molecule has 3 rings (SSSR count). The molecule has 1 saturated heterocycles. The van der Waals surface area contributed by atoms with Gasteiger partial charge in [-0.25, -0.2) is 0 Å². The Morgan fingerprint density at radius 3 is 3.00 bits per heavy atom. The van der Waals surface area contributed by atoms with Crippen LogP contribution in [0.5, 0.6) is 0 Å². The highest BCUT2D eigenvalue weighted by Crippen LogP contribution is 2.21. The van der Waals surface area contributed by atoms with Crippen molar-refractivity contribution in [2.75, 3.05) is 26.9 Å². The van der Waals surface area contributed by atoms with Gasteiger partial charge in [-0.15, -0.1) is 0 Å². The summed E-state index contributed by atoms with van der Waals surface area (Å²) in [7, 11) is 1.76. The molecule has 1 fully saturated rings. The summed E-state index contributed by atoms with van der Waals surface area (Å²) in [4.78, 5) is 4.53. The van der Waals surface area contributed by atoms with Crippen molar-refractivity contribution in [3.63, 3.8) is 0 Å². The van der Waals surface area contributed by atoms with Crippen LogP contribution in [0.2, 0.25) is 0 Å². The highest BCUT2D eigenvalue weighted by Gasteiger charge is 2.34. The third-order valence-corrected chi connectivity index (χ3v) is 4.17. The monoisotopic (exact) mass is 286 g/mol. The zero-order chi connectivity index (χ0) is 14.7. The summed E-state index contributed by atoms with van der Waals surface area (Å²) in [6.45, 7) is 5.12. The maximum absolute atomic E-state index is 5.62. The smallest absolute Gasteiger partial charge is 0.106 e. The molecule has 2 aromatic rings. The molecule has 1 aliphatic rings. The molecule has 1 aromatic heterocycles. The Balaban J connectivity index is 1.64. The molecule has 21 heavy (non-hydrogen) atoms. The predicted octanol–water partition coefficient (Wildman–Crippen LogP) is 2.44. The molecule has 1 N–H and O–H groups in total. The van der Waals surface area contributed by atoms with Crippen LogP contribution in [-0.2, 0) is 16.0 Å². The number of hydrogen-bond donors (Lipinski definition) is 1. The van der Waals surface area contributed by atoms with Gasteiger partial charge in [0.05, 0.1) is 12.1 Å². The summed E-state index contributed by atoms with van der Waals surface area (Å²) >= 11 is 0. The first-order chi connectivity index (χ1) is 10.2. The fourth-order valence-corrected chi connectivity index (χ4v) is 2.78. The predicted molar refractivity (Wildman–Crippen MR) is 83.4 cm³/mol. The first kappa shape index (κ1) is 14.4. The number of hydrogen-bond acceptors (Lipinski definition) is 4. The number of ether oxygens (including phenoxy) is 2. The van der Waals surface area contributed by atoms with E-state index in [0.29, 0.717) is 6.61 Å². The van der Waals surface area contributed by atoms with E-state index in [1.54, 1.807) is 7.11 Å². The minimum atomic E-state index is -0.157. The van der Waals surface area contributed by atoms with E-state index in [1.165, 1.54) is 10.9 Å². The second kappa shape index (κ2) is 6.10. The van der Waals surface area contributed by atoms with Crippen molar-refractivity contribution in [3.8, 4) is 0 Å². The number of fused-ring (bicyclic) bond motifs is 1. The molecule has 1 atom stereocenters. The van der Waals surface area contributed by atoms with Gasteiger partial charge in [0.2, 0.25) is 0 Å². The first-order valence-electron chi connectivity index (χ1n) is 7.41. The fourth-order valence-electron chi connectivity index (χ4n) is 2.78. The summed E-state index contributed by atoms with van der Waals surface area (Å²) < 4.78 is 11.1. The molecule has 1 aliphatic heterocycles. The summed E-state index contributed by atoms with van der Waals surface area (Å²) in [6, 6.07) is 10.6. The summed E-state index contributed by atoms with van der Waals surface area (Å²) in [5.41, 5.74) is 3.21. The van der Waals surface area contributed by atoms with Crippen LogP contribution in [0.3, 0.4) is 0 Å². The van der Waals surface area contributed by atoms with Crippen LogP contribution in [0.4, 0.5) is 0 Å². The average molecular weight is 286 g/mol. The van der Waals surface area contributed by atoms with Crippen LogP contribution >= 0.6 is 0 Å². The molecule has 0 aliphatic carbocycles. The molecule has 0 bridgehead atoms. The lowest BCUT2D eigenvalue weighted by atomic mass is 10.0. The molecule has 4 heteroatoms. The highest BCUT2D eigenvalue weighted by molar-refractivity contribution is 5.79. The Kier molecular flexibility index (Phi) is 4.19. The number of pyridine rings is 1. The number of methoxy groups -OCH3 is 1. The average Bonchev–Trinajstić information content (AvgIpc) is 2.97. The largest absolute Gasteiger partial charge is 0.378 e. The molecule has 0 radical (unpaired) electrons. The Hall–Kier alpha value is -1.49. The summed E-state index contributed by atoms with van der Waals surface area (Å²) in [5, 5.41) is 4.67. The topological polar surface area (TPSA) is 43.4 Å². The van der Waals surface area contributed by atoms with Crippen LogP contribution in [-0.4, -0.2) is 37.5 Å². The Morgan fingerprint density at radius 2 is 2.24 bits per heavy atom. The van der Waals surface area contributed by atoms with Gasteiger partial charge >= 0.3 is 0 Å². The Morgan fingerprint density at radius 1 is 1.33 bits per heavy atom. The van der Waals surface area contributed by atoms with Gasteiger partial charge in [0.15, 0.2) is 0 Å². The lowest BCUT2D eigenvalue weighted by Gasteiger charge is -2.26. The molecule has 2 heterocycles. The Bertz CT molecular complexity index is 621. The Labute approximate surface area is 125 Å². The van der Waals surface area contributed by atoms with E-state index in [2.05, 4.69) is 40.6 Å². The molecule has 1 aromatic carbocycles. The number of benzene rings is 1. The normalized spacial score (nSPS) is 22.0. The first-order valence-corrected chi connectivity index (χ1v) is 7.41. The van der Waals surface area contributed by atoms with E-state index in [1.807, 2.05) is 6.92 Å². The van der Waals surface area contributed by atoms with Crippen molar-refractivity contribution in [1.29, 1.82) is 0 Å². The van der Waals surface area contributed by atoms with Gasteiger partial charge in [0.25, 0.3) is 0 Å². The van der Waals surface area contributed by atoms with Crippen molar-refractivity contribution >= 4 is 10.9 Å². The third kappa shape index (κ3) is 3.23. The minimum Gasteiger partial charge on any atom is -0.378 e. The molecule has 0 spiro atoms. The SMILES string of the molecule is COC1(CNCc2ccc3nc(C)ccc3c2)CCOC1. The summed E-state index contributed by atoms with van der Waals surface area (Å²) in [5.74, 6) is 0. The number of rotatable bonds is 5. The van der Waals surface area contributed by atoms with E-state index in [-0.39, 0.29) is 5.60 Å². The molecule has 4 nitrogen and oxygen atoms in total. The van der Waals surface area contributed by atoms with Gasteiger partial charge in [-0.2, -0.15) is 0 Å². The maximum atomic E-state index is 5.62. The van der Waals surface area contributed by atoms with Crippen LogP contribution < -0.4 is 5.32 Å². The van der Waals surface area contributed by atoms with E-state index in [4.69, 9.17) is 9.47 Å². The highest BCUT2D eigenvalue weighted by atomic mass is 16.5. The van der Waals surface area contributed by atoms with Crippen LogP contribution in [0.1, 0.15) is 17.7 Å². The molecule has 0 saturated carbocycles. The van der Waals surface area contributed by atoms with Gasteiger partial charge in [0, 0.05) is 44.3 Å². The van der Waals surface area contributed by atoms with Crippen LogP contribution in [0, 0.1) is 6.92 Å². The number of nitrogens with one attached hydrogen (secondary N) is 1. The lowest BCUT2D eigenvalue weighted by Crippen LogP contribution is -2.42. The number of nitrogens with zero attached hydrogens (tertiary/aromatic N) is 1. The van der Waals surface area contributed by atoms with Gasteiger partial charge in [-0.05, 0) is 30.7 Å². The van der Waals surface area contributed by atoms with Gasteiger partial charge in [-0.3, -0.25) is 4.98 Å². The third-order valence-electron chi connectivity index (χ3n) is 4.17. The van der Waals surface area contributed by atoms with Gasteiger partial charge in [0.1, 0.15) is 5.60 Å². The number of aromatic nitrogens is 1. The van der Waals surface area contributed by atoms with Crippen molar-refractivity contribution < 1.29 is 9.47 Å². The quantitative estimate of drug-likeness (QED) is 0.917. The second-order valence-corrected chi connectivity index (χ2v) is 5.77. The van der Waals surface area contributed by atoms with E-state index >= 15 is 0 Å². The van der Waals surface area contributed by atoms with E-state index < -0.39 is 0 Å². The standard InChI is InChI=1S/C17H22N2O2/c1-13-3-5-15-9-14(4-6-16(15)19-13)10-18-11-17(20-2)7-8-21-12-17/h3-6,9,18H,7-8,10-12H2,1-2H3. The van der Waals surface area contributed by atoms with Crippen LogP contribution in [0.15, 0.2) is 30.3 Å². The fraction of sp³-hybridized carbons (Fsp3) is 0.471. The van der Waals surface area contributed by atoms with Crippen molar-refractivity contribution in [3.05, 3.63) is 41.6 Å². The summed E-state index contributed by atoms with van der Waals surface area (Å²) in [6.07, 6.45) is 0.956. The molecule has 0 amide bonds. The maximum Gasteiger partial charge on any atom is 0.106 e. The molecular formula is C17H22N2O2. The zero-order valence-corrected chi connectivity index (χ0v) is 12.7.